The van der Waals surface area contributed by atoms with E-state index in [1.807, 2.05) is 0 Å². The number of fused-ring (bicyclic) bond motifs is 4. The number of sulfone groups is 2. The van der Waals surface area contributed by atoms with Crippen LogP contribution in [-0.2, 0) is 24.4 Å². The number of hydrogen-bond acceptors (Lipinski definition) is 5. The van der Waals surface area contributed by atoms with Gasteiger partial charge in [-0.15, -0.1) is 0 Å². The van der Waals surface area contributed by atoms with Crippen molar-refractivity contribution in [1.29, 1.82) is 0 Å². The van der Waals surface area contributed by atoms with Gasteiger partial charge in [0.1, 0.15) is 11.2 Å². The first kappa shape index (κ1) is 18.6. The third kappa shape index (κ3) is 1.90. The van der Waals surface area contributed by atoms with Crippen LogP contribution in [0, 0.1) is 23.7 Å². The van der Waals surface area contributed by atoms with Gasteiger partial charge in [0.25, 0.3) is 0 Å². The van der Waals surface area contributed by atoms with Gasteiger partial charge >= 0.3 is 0 Å². The summed E-state index contributed by atoms with van der Waals surface area (Å²) < 4.78 is 62.2. The lowest BCUT2D eigenvalue weighted by atomic mass is 9.73. The second-order valence-electron chi connectivity index (χ2n) is 9.62. The summed E-state index contributed by atoms with van der Waals surface area (Å²) in [5.74, 6) is -0.208. The van der Waals surface area contributed by atoms with Crippen molar-refractivity contribution in [2.45, 2.75) is 44.3 Å². The van der Waals surface area contributed by atoms with Crippen LogP contribution in [0.2, 0.25) is 0 Å². The van der Waals surface area contributed by atoms with Crippen molar-refractivity contribution in [1.82, 2.24) is 0 Å². The Labute approximate surface area is 182 Å². The standard InChI is InChI=1S/C24H22O5S2/c25-30(26,17-7-3-1-4-8-17)21-19-14-20(22(21)31(27,28)18-9-5-2-6-10-18)24-16-12-11-15(13-16)23(19,24)29-24/h1-12,15-16,19-22H,13-14H2. The van der Waals surface area contributed by atoms with Gasteiger partial charge in [0.15, 0.2) is 19.7 Å². The topological polar surface area (TPSA) is 80.8 Å². The average molecular weight is 455 g/mol. The highest BCUT2D eigenvalue weighted by Gasteiger charge is 2.94. The molecule has 0 N–H and O–H groups in total. The number of rotatable bonds is 4. The summed E-state index contributed by atoms with van der Waals surface area (Å²) in [4.78, 5) is 0.393. The van der Waals surface area contributed by atoms with Crippen LogP contribution in [0.3, 0.4) is 0 Å². The molecule has 0 amide bonds. The summed E-state index contributed by atoms with van der Waals surface area (Å²) in [5, 5.41) is -1.98. The van der Waals surface area contributed by atoms with E-state index in [4.69, 9.17) is 4.74 Å². The summed E-state index contributed by atoms with van der Waals surface area (Å²) in [5.41, 5.74) is -0.987. The van der Waals surface area contributed by atoms with Crippen LogP contribution in [0.1, 0.15) is 12.8 Å². The third-order valence-electron chi connectivity index (χ3n) is 8.68. The van der Waals surface area contributed by atoms with E-state index < -0.39 is 41.4 Å². The summed E-state index contributed by atoms with van der Waals surface area (Å²) in [6.07, 6.45) is 5.89. The molecule has 2 aromatic carbocycles. The van der Waals surface area contributed by atoms with Crippen molar-refractivity contribution < 1.29 is 21.6 Å². The van der Waals surface area contributed by atoms with E-state index in [9.17, 15) is 16.8 Å². The van der Waals surface area contributed by atoms with Gasteiger partial charge in [0.05, 0.1) is 20.3 Å². The molecule has 8 atom stereocenters. The fourth-order valence-electron chi connectivity index (χ4n) is 7.76. The lowest BCUT2D eigenvalue weighted by molar-refractivity contribution is 0.0967. The van der Waals surface area contributed by atoms with Gasteiger partial charge in [-0.2, -0.15) is 0 Å². The van der Waals surface area contributed by atoms with E-state index in [2.05, 4.69) is 12.2 Å². The summed E-state index contributed by atoms with van der Waals surface area (Å²) >= 11 is 0. The van der Waals surface area contributed by atoms with E-state index in [-0.39, 0.29) is 33.5 Å². The maximum absolute atomic E-state index is 13.9. The van der Waals surface area contributed by atoms with E-state index in [0.29, 0.717) is 6.42 Å². The van der Waals surface area contributed by atoms with Gasteiger partial charge in [-0.1, -0.05) is 48.6 Å². The molecule has 4 aliphatic carbocycles. The molecule has 3 saturated carbocycles. The highest BCUT2D eigenvalue weighted by molar-refractivity contribution is 7.96. The quantitative estimate of drug-likeness (QED) is 0.524. The van der Waals surface area contributed by atoms with Gasteiger partial charge in [0, 0.05) is 23.7 Å². The Hall–Kier alpha value is -1.96. The Bertz CT molecular complexity index is 1230. The first-order valence-corrected chi connectivity index (χ1v) is 13.9. The summed E-state index contributed by atoms with van der Waals surface area (Å²) in [7, 11) is -7.73. The zero-order valence-corrected chi connectivity index (χ0v) is 18.3. The van der Waals surface area contributed by atoms with Gasteiger partial charge in [-0.05, 0) is 37.1 Å². The number of ether oxygens (including phenoxy) is 1. The molecule has 7 rings (SSSR count). The average Bonchev–Trinajstić information content (AvgIpc) is 3.16. The fraction of sp³-hybridized carbons (Fsp3) is 0.417. The minimum atomic E-state index is -3.86. The summed E-state index contributed by atoms with van der Waals surface area (Å²) in [6, 6.07) is 16.6. The van der Waals surface area contributed by atoms with E-state index >= 15 is 0 Å². The van der Waals surface area contributed by atoms with Gasteiger partial charge in [0.2, 0.25) is 0 Å². The Morgan fingerprint density at radius 3 is 1.48 bits per heavy atom. The van der Waals surface area contributed by atoms with E-state index in [1.54, 1.807) is 60.7 Å². The van der Waals surface area contributed by atoms with Crippen LogP contribution in [-0.4, -0.2) is 38.5 Å². The second-order valence-corrected chi connectivity index (χ2v) is 13.8. The third-order valence-corrected chi connectivity index (χ3v) is 13.4. The van der Waals surface area contributed by atoms with Gasteiger partial charge in [-0.3, -0.25) is 0 Å². The number of hydrogen-bond donors (Lipinski definition) is 0. The van der Waals surface area contributed by atoms with Crippen LogP contribution in [0.15, 0.2) is 82.6 Å². The molecule has 2 aromatic rings. The first-order chi connectivity index (χ1) is 14.8. The van der Waals surface area contributed by atoms with Crippen LogP contribution in [0.4, 0.5) is 0 Å². The van der Waals surface area contributed by atoms with Crippen molar-refractivity contribution in [3.05, 3.63) is 72.8 Å². The van der Waals surface area contributed by atoms with Gasteiger partial charge < -0.3 is 4.74 Å². The van der Waals surface area contributed by atoms with Crippen molar-refractivity contribution in [3.63, 3.8) is 0 Å². The Morgan fingerprint density at radius 2 is 1.06 bits per heavy atom. The largest absolute Gasteiger partial charge is 0.361 e. The SMILES string of the molecule is O=S(=O)(c1ccccc1)C1C2CC(C1S(=O)(=O)c1ccccc1)C13OC21C1C=CC3C1. The molecule has 5 nitrogen and oxygen atoms in total. The molecule has 4 fully saturated rings. The van der Waals surface area contributed by atoms with E-state index in [0.717, 1.165) is 6.42 Å². The van der Waals surface area contributed by atoms with Crippen LogP contribution < -0.4 is 0 Å². The maximum atomic E-state index is 13.9. The monoisotopic (exact) mass is 454 g/mol. The van der Waals surface area contributed by atoms with Crippen molar-refractivity contribution >= 4 is 19.7 Å². The van der Waals surface area contributed by atoms with Crippen molar-refractivity contribution in [2.24, 2.45) is 23.7 Å². The summed E-state index contributed by atoms with van der Waals surface area (Å²) in [6.45, 7) is 0. The Kier molecular flexibility index (Phi) is 3.30. The molecule has 8 unspecified atom stereocenters. The molecule has 4 bridgehead atoms. The molecule has 0 radical (unpaired) electrons. The highest BCUT2D eigenvalue weighted by Crippen LogP contribution is 2.84. The Balaban J connectivity index is 1.44. The maximum Gasteiger partial charge on any atom is 0.182 e. The van der Waals surface area contributed by atoms with Crippen molar-refractivity contribution in [3.8, 4) is 0 Å². The Morgan fingerprint density at radius 1 is 0.645 bits per heavy atom. The minimum Gasteiger partial charge on any atom is -0.361 e. The van der Waals surface area contributed by atoms with E-state index in [1.165, 1.54) is 0 Å². The molecule has 160 valence electrons. The predicted octanol–water partition coefficient (Wildman–Crippen LogP) is 3.03. The molecular formula is C24H22O5S2. The lowest BCUT2D eigenvalue weighted by Crippen LogP contribution is -2.54. The minimum absolute atomic E-state index is 0.196. The van der Waals surface area contributed by atoms with Crippen LogP contribution >= 0.6 is 0 Å². The molecular weight excluding hydrogens is 432 g/mol. The van der Waals surface area contributed by atoms with Crippen LogP contribution in [0.5, 0.6) is 0 Å². The molecule has 0 spiro atoms. The molecule has 1 saturated heterocycles. The number of epoxide rings is 1. The molecule has 1 heterocycles. The second kappa shape index (κ2) is 5.50. The number of benzene rings is 2. The fourth-order valence-corrected chi connectivity index (χ4v) is 12.9. The molecule has 7 heteroatoms. The lowest BCUT2D eigenvalue weighted by Gasteiger charge is -2.36. The van der Waals surface area contributed by atoms with Gasteiger partial charge in [-0.25, -0.2) is 16.8 Å². The molecule has 1 aliphatic heterocycles. The van der Waals surface area contributed by atoms with Crippen LogP contribution in [0.25, 0.3) is 0 Å². The zero-order valence-electron chi connectivity index (χ0n) is 16.7. The first-order valence-electron chi connectivity index (χ1n) is 10.8. The zero-order chi connectivity index (χ0) is 21.2. The highest BCUT2D eigenvalue weighted by atomic mass is 32.2. The smallest absolute Gasteiger partial charge is 0.182 e. The molecule has 0 aromatic heterocycles. The normalized spacial score (nSPS) is 43.7. The molecule has 5 aliphatic rings. The molecule has 31 heavy (non-hydrogen) atoms. The predicted molar refractivity (Wildman–Crippen MR) is 114 cm³/mol. The van der Waals surface area contributed by atoms with Crippen molar-refractivity contribution in [2.75, 3.05) is 0 Å².